The van der Waals surface area contributed by atoms with Gasteiger partial charge in [-0.2, -0.15) is 5.26 Å². The Morgan fingerprint density at radius 2 is 1.90 bits per heavy atom. The van der Waals surface area contributed by atoms with Crippen molar-refractivity contribution in [3.8, 4) is 6.07 Å². The normalized spacial score (nSPS) is 29.8. The molecule has 3 unspecified atom stereocenters. The fraction of sp³-hybridized carbons (Fsp3) is 0.870. The summed E-state index contributed by atoms with van der Waals surface area (Å²) in [5, 5.41) is 13.0. The number of hydrogen-bond donors (Lipinski definition) is 1. The third-order valence-electron chi connectivity index (χ3n) is 7.36. The first-order valence-corrected chi connectivity index (χ1v) is 11.7. The molecule has 2 amide bonds. The Kier molecular flexibility index (Phi) is 8.13. The van der Waals surface area contributed by atoms with Crippen LogP contribution in [0.5, 0.6) is 0 Å². The zero-order chi connectivity index (χ0) is 21.6. The van der Waals surface area contributed by atoms with Crippen molar-refractivity contribution >= 4 is 11.8 Å². The molecule has 168 valence electrons. The van der Waals surface area contributed by atoms with E-state index in [2.05, 4.69) is 30.3 Å². The number of carbonyl (C=O) groups excluding carboxylic acids is 2. The van der Waals surface area contributed by atoms with Crippen LogP contribution in [0.1, 0.15) is 64.7 Å². The zero-order valence-corrected chi connectivity index (χ0v) is 18.7. The van der Waals surface area contributed by atoms with Crippen LogP contribution in [0.25, 0.3) is 0 Å². The Morgan fingerprint density at radius 1 is 1.20 bits per heavy atom. The SMILES string of the molecule is CC1CC(C#N)(NC(=O)C(CC(=O)N2CCOCC2)CC2CCCCC2)CCN1C. The number of amides is 2. The molecule has 3 aliphatic rings. The van der Waals surface area contributed by atoms with Gasteiger partial charge in [-0.25, -0.2) is 0 Å². The van der Waals surface area contributed by atoms with Crippen molar-refractivity contribution in [2.24, 2.45) is 11.8 Å². The van der Waals surface area contributed by atoms with E-state index in [0.29, 0.717) is 45.1 Å². The van der Waals surface area contributed by atoms with E-state index in [9.17, 15) is 14.9 Å². The summed E-state index contributed by atoms with van der Waals surface area (Å²) in [6.45, 7) is 5.21. The van der Waals surface area contributed by atoms with Gasteiger partial charge in [0.15, 0.2) is 0 Å². The summed E-state index contributed by atoms with van der Waals surface area (Å²) in [5.41, 5.74) is -0.824. The van der Waals surface area contributed by atoms with Gasteiger partial charge in [0.25, 0.3) is 0 Å². The molecule has 2 heterocycles. The molecule has 1 N–H and O–H groups in total. The van der Waals surface area contributed by atoms with Gasteiger partial charge in [0.1, 0.15) is 5.54 Å². The van der Waals surface area contributed by atoms with Crippen LogP contribution < -0.4 is 5.32 Å². The highest BCUT2D eigenvalue weighted by Gasteiger charge is 2.40. The number of rotatable bonds is 6. The fourth-order valence-corrected chi connectivity index (χ4v) is 5.19. The average molecular weight is 419 g/mol. The highest BCUT2D eigenvalue weighted by Crippen LogP contribution is 2.32. The van der Waals surface area contributed by atoms with E-state index < -0.39 is 5.54 Å². The maximum Gasteiger partial charge on any atom is 0.224 e. The van der Waals surface area contributed by atoms with Gasteiger partial charge in [-0.1, -0.05) is 32.1 Å². The largest absolute Gasteiger partial charge is 0.378 e. The zero-order valence-electron chi connectivity index (χ0n) is 18.7. The van der Waals surface area contributed by atoms with Crippen LogP contribution in [0.3, 0.4) is 0 Å². The van der Waals surface area contributed by atoms with E-state index in [0.717, 1.165) is 25.8 Å². The molecule has 0 aromatic heterocycles. The van der Waals surface area contributed by atoms with Gasteiger partial charge >= 0.3 is 0 Å². The summed E-state index contributed by atoms with van der Waals surface area (Å²) in [7, 11) is 2.06. The lowest BCUT2D eigenvalue weighted by molar-refractivity contribution is -0.140. The van der Waals surface area contributed by atoms with Crippen molar-refractivity contribution in [2.75, 3.05) is 39.9 Å². The van der Waals surface area contributed by atoms with Crippen molar-refractivity contribution < 1.29 is 14.3 Å². The maximum atomic E-state index is 13.4. The monoisotopic (exact) mass is 418 g/mol. The molecule has 3 rings (SSSR count). The summed E-state index contributed by atoms with van der Waals surface area (Å²) < 4.78 is 5.36. The quantitative estimate of drug-likeness (QED) is 0.715. The number of carbonyl (C=O) groups is 2. The smallest absolute Gasteiger partial charge is 0.224 e. The number of nitrogens with one attached hydrogen (secondary N) is 1. The Bertz CT molecular complexity index is 637. The molecule has 7 nitrogen and oxygen atoms in total. The number of nitriles is 1. The van der Waals surface area contributed by atoms with E-state index >= 15 is 0 Å². The van der Waals surface area contributed by atoms with Crippen LogP contribution in [0, 0.1) is 23.2 Å². The Balaban J connectivity index is 1.68. The van der Waals surface area contributed by atoms with Crippen LogP contribution in [-0.2, 0) is 14.3 Å². The minimum absolute atomic E-state index is 0.0389. The molecule has 0 spiro atoms. The summed E-state index contributed by atoms with van der Waals surface area (Å²) in [6, 6.07) is 2.65. The third kappa shape index (κ3) is 5.95. The maximum absolute atomic E-state index is 13.4. The van der Waals surface area contributed by atoms with Crippen LogP contribution >= 0.6 is 0 Å². The molecule has 3 atom stereocenters. The summed E-state index contributed by atoms with van der Waals surface area (Å²) >= 11 is 0. The molecule has 2 saturated heterocycles. The van der Waals surface area contributed by atoms with E-state index in [1.807, 2.05) is 4.90 Å². The fourth-order valence-electron chi connectivity index (χ4n) is 5.19. The standard InChI is InChI=1S/C23H38N4O3/c1-18-16-23(17-24,8-9-26(18)2)25-22(29)20(14-19-6-4-3-5-7-19)15-21(28)27-10-12-30-13-11-27/h18-20H,3-16H2,1-2H3,(H,25,29). The van der Waals surface area contributed by atoms with Crippen molar-refractivity contribution in [1.82, 2.24) is 15.1 Å². The molecule has 2 aliphatic heterocycles. The lowest BCUT2D eigenvalue weighted by Crippen LogP contribution is -2.57. The number of piperidine rings is 1. The minimum atomic E-state index is -0.824. The lowest BCUT2D eigenvalue weighted by atomic mass is 9.80. The number of likely N-dealkylation sites (tertiary alicyclic amines) is 1. The summed E-state index contributed by atoms with van der Waals surface area (Å²) in [6.07, 6.45) is 8.20. The molecule has 0 aromatic rings. The van der Waals surface area contributed by atoms with Crippen molar-refractivity contribution in [1.29, 1.82) is 5.26 Å². The van der Waals surface area contributed by atoms with E-state index in [1.165, 1.54) is 19.3 Å². The molecule has 1 saturated carbocycles. The molecule has 0 bridgehead atoms. The van der Waals surface area contributed by atoms with E-state index in [1.54, 1.807) is 0 Å². The second-order valence-corrected chi connectivity index (χ2v) is 9.60. The van der Waals surface area contributed by atoms with Gasteiger partial charge < -0.3 is 19.9 Å². The third-order valence-corrected chi connectivity index (χ3v) is 7.36. The van der Waals surface area contributed by atoms with Gasteiger partial charge in [-0.3, -0.25) is 9.59 Å². The Labute approximate surface area is 181 Å². The van der Waals surface area contributed by atoms with Gasteiger partial charge in [-0.15, -0.1) is 0 Å². The highest BCUT2D eigenvalue weighted by atomic mass is 16.5. The topological polar surface area (TPSA) is 85.7 Å². The molecule has 3 fully saturated rings. The van der Waals surface area contributed by atoms with Crippen LogP contribution in [0.15, 0.2) is 0 Å². The second-order valence-electron chi connectivity index (χ2n) is 9.60. The first kappa shape index (κ1) is 23.0. The van der Waals surface area contributed by atoms with Gasteiger partial charge in [-0.05, 0) is 39.2 Å². The van der Waals surface area contributed by atoms with E-state index in [4.69, 9.17) is 4.74 Å². The number of ether oxygens (including phenoxy) is 1. The van der Waals surface area contributed by atoms with Crippen LogP contribution in [0.4, 0.5) is 0 Å². The van der Waals surface area contributed by atoms with Crippen LogP contribution in [0.2, 0.25) is 0 Å². The van der Waals surface area contributed by atoms with Crippen molar-refractivity contribution in [3.05, 3.63) is 0 Å². The Hall–Kier alpha value is -1.65. The molecule has 30 heavy (non-hydrogen) atoms. The molecular formula is C23H38N4O3. The second kappa shape index (κ2) is 10.6. The summed E-state index contributed by atoms with van der Waals surface area (Å²) in [4.78, 5) is 30.3. The number of nitrogens with zero attached hydrogens (tertiary/aromatic N) is 3. The van der Waals surface area contributed by atoms with Crippen molar-refractivity contribution in [2.45, 2.75) is 76.3 Å². The first-order chi connectivity index (χ1) is 14.4. The molecule has 7 heteroatoms. The molecular weight excluding hydrogens is 380 g/mol. The Morgan fingerprint density at radius 3 is 2.53 bits per heavy atom. The summed E-state index contributed by atoms with van der Waals surface area (Å²) in [5.74, 6) is 0.0718. The van der Waals surface area contributed by atoms with Crippen LogP contribution in [-0.4, -0.2) is 73.1 Å². The molecule has 1 aliphatic carbocycles. The van der Waals surface area contributed by atoms with E-state index in [-0.39, 0.29) is 30.2 Å². The predicted molar refractivity (Wildman–Crippen MR) is 115 cm³/mol. The highest BCUT2D eigenvalue weighted by molar-refractivity contribution is 5.86. The predicted octanol–water partition coefficient (Wildman–Crippen LogP) is 2.31. The van der Waals surface area contributed by atoms with Gasteiger partial charge in [0.05, 0.1) is 19.3 Å². The van der Waals surface area contributed by atoms with Gasteiger partial charge in [0, 0.05) is 38.0 Å². The average Bonchev–Trinajstić information content (AvgIpc) is 2.77. The molecule has 0 aromatic carbocycles. The first-order valence-electron chi connectivity index (χ1n) is 11.7. The van der Waals surface area contributed by atoms with Gasteiger partial charge in [0.2, 0.25) is 11.8 Å². The number of morpholine rings is 1. The minimum Gasteiger partial charge on any atom is -0.378 e. The number of hydrogen-bond acceptors (Lipinski definition) is 5. The molecule has 0 radical (unpaired) electrons. The van der Waals surface area contributed by atoms with Crippen molar-refractivity contribution in [3.63, 3.8) is 0 Å². The lowest BCUT2D eigenvalue weighted by Gasteiger charge is -2.41.